The normalized spacial score (nSPS) is 14.6. The molecular weight excluding hydrogens is 664 g/mol. The quantitative estimate of drug-likeness (QED) is 0.158. The predicted octanol–water partition coefficient (Wildman–Crippen LogP) is 8.51. The summed E-state index contributed by atoms with van der Waals surface area (Å²) in [5.74, 6) is -2.78. The maximum atomic E-state index is 13.1. The minimum atomic E-state index is -0.695. The van der Waals surface area contributed by atoms with E-state index < -0.39 is 23.6 Å². The van der Waals surface area contributed by atoms with Gasteiger partial charge in [0.2, 0.25) is 0 Å². The van der Waals surface area contributed by atoms with Crippen molar-refractivity contribution in [2.45, 2.75) is 13.1 Å². The average molecular weight is 672 g/mol. The second-order valence-electron chi connectivity index (χ2n) is 8.22. The van der Waals surface area contributed by atoms with E-state index in [0.29, 0.717) is 11.1 Å². The maximum absolute atomic E-state index is 13.1. The zero-order valence-corrected chi connectivity index (χ0v) is 24.3. The Kier molecular flexibility index (Phi) is 7.34. The van der Waals surface area contributed by atoms with Crippen LogP contribution < -0.4 is 0 Å². The third-order valence-corrected chi connectivity index (χ3v) is 9.65. The van der Waals surface area contributed by atoms with E-state index in [4.69, 9.17) is 92.8 Å². The van der Waals surface area contributed by atoms with E-state index in [2.05, 4.69) is 0 Å². The number of carbonyl (C=O) groups excluding carboxylic acids is 4. The number of fused-ring (bicyclic) bond motifs is 2. The van der Waals surface area contributed by atoms with E-state index in [1.54, 1.807) is 24.3 Å². The second kappa shape index (κ2) is 10.0. The number of hydrogen-bond acceptors (Lipinski definition) is 4. The lowest BCUT2D eigenvalue weighted by molar-refractivity contribution is 0.0630. The van der Waals surface area contributed by atoms with Crippen LogP contribution >= 0.6 is 92.8 Å². The van der Waals surface area contributed by atoms with Crippen molar-refractivity contribution in [2.75, 3.05) is 0 Å². The largest absolute Gasteiger partial charge is 0.270 e. The first-order valence-electron chi connectivity index (χ1n) is 10.4. The number of nitrogens with zero attached hydrogens (tertiary/aromatic N) is 2. The van der Waals surface area contributed by atoms with Gasteiger partial charge < -0.3 is 0 Å². The Bertz CT molecular complexity index is 1440. The van der Waals surface area contributed by atoms with E-state index >= 15 is 0 Å². The number of halogens is 8. The zero-order valence-electron chi connectivity index (χ0n) is 18.3. The predicted molar refractivity (Wildman–Crippen MR) is 148 cm³/mol. The summed E-state index contributed by atoms with van der Waals surface area (Å²) in [7, 11) is 0. The van der Waals surface area contributed by atoms with Crippen molar-refractivity contribution in [2.24, 2.45) is 0 Å². The monoisotopic (exact) mass is 668 g/mol. The van der Waals surface area contributed by atoms with Gasteiger partial charge in [-0.05, 0) is 11.1 Å². The van der Waals surface area contributed by atoms with Gasteiger partial charge in [-0.15, -0.1) is 0 Å². The Hall–Kier alpha value is -1.74. The van der Waals surface area contributed by atoms with Crippen molar-refractivity contribution < 1.29 is 19.2 Å². The molecule has 38 heavy (non-hydrogen) atoms. The van der Waals surface area contributed by atoms with Crippen LogP contribution in [0.2, 0.25) is 40.2 Å². The van der Waals surface area contributed by atoms with Crippen LogP contribution in [0.5, 0.6) is 0 Å². The topological polar surface area (TPSA) is 74.8 Å². The summed E-state index contributed by atoms with van der Waals surface area (Å²) in [6, 6.07) is 6.58. The molecule has 6 nitrogen and oxygen atoms in total. The van der Waals surface area contributed by atoms with Crippen molar-refractivity contribution >= 4 is 116 Å². The highest BCUT2D eigenvalue weighted by Gasteiger charge is 2.43. The summed E-state index contributed by atoms with van der Waals surface area (Å²) < 4.78 is 0. The number of carbonyl (C=O) groups is 4. The first-order chi connectivity index (χ1) is 17.9. The van der Waals surface area contributed by atoms with Gasteiger partial charge in [0.1, 0.15) is 0 Å². The van der Waals surface area contributed by atoms with Crippen LogP contribution in [0.4, 0.5) is 0 Å². The third-order valence-electron chi connectivity index (χ3n) is 6.04. The fourth-order valence-electron chi connectivity index (χ4n) is 4.27. The molecule has 2 aliphatic heterocycles. The van der Waals surface area contributed by atoms with Gasteiger partial charge in [0, 0.05) is 0 Å². The van der Waals surface area contributed by atoms with Crippen molar-refractivity contribution in [1.29, 1.82) is 0 Å². The van der Waals surface area contributed by atoms with Gasteiger partial charge in [0.15, 0.2) is 0 Å². The summed E-state index contributed by atoms with van der Waals surface area (Å²) in [5, 5.41) is -1.22. The van der Waals surface area contributed by atoms with E-state index in [0.717, 1.165) is 9.80 Å². The lowest BCUT2D eigenvalue weighted by Gasteiger charge is -2.17. The average Bonchev–Trinajstić information content (AvgIpc) is 3.28. The van der Waals surface area contributed by atoms with Gasteiger partial charge in [0.25, 0.3) is 23.6 Å². The highest BCUT2D eigenvalue weighted by atomic mass is 35.5. The Labute approximate surface area is 254 Å². The molecule has 5 rings (SSSR count). The number of benzene rings is 3. The lowest BCUT2D eigenvalue weighted by atomic mass is 10.1. The van der Waals surface area contributed by atoms with Crippen LogP contribution in [0, 0.1) is 0 Å². The maximum Gasteiger partial charge on any atom is 0.263 e. The molecule has 3 aromatic carbocycles. The van der Waals surface area contributed by atoms with E-state index in [9.17, 15) is 19.2 Å². The summed E-state index contributed by atoms with van der Waals surface area (Å²) in [4.78, 5) is 54.1. The van der Waals surface area contributed by atoms with Crippen LogP contribution in [0.1, 0.15) is 52.6 Å². The molecule has 14 heteroatoms. The SMILES string of the molecule is O=C1c2c(Cl)c(Cl)c(Cl)c(Cl)c2C(=O)N1Cc1cccc(CN2C(=O)c3c(Cl)c(Cl)c(Cl)c(Cl)c3C2=O)c1. The third kappa shape index (κ3) is 4.09. The molecule has 0 aromatic heterocycles. The molecule has 0 atom stereocenters. The molecule has 0 fully saturated rings. The molecule has 3 aromatic rings. The van der Waals surface area contributed by atoms with Crippen LogP contribution in [-0.4, -0.2) is 33.4 Å². The Morgan fingerprint density at radius 1 is 0.447 bits per heavy atom. The first-order valence-corrected chi connectivity index (χ1v) is 13.4. The molecule has 2 aliphatic rings. The number of amides is 4. The van der Waals surface area contributed by atoms with Gasteiger partial charge in [-0.25, -0.2) is 0 Å². The molecule has 0 unspecified atom stereocenters. The van der Waals surface area contributed by atoms with Gasteiger partial charge in [-0.2, -0.15) is 0 Å². The second-order valence-corrected chi connectivity index (χ2v) is 11.2. The molecule has 0 radical (unpaired) electrons. The molecular formula is C24H8Cl8N2O4. The minimum Gasteiger partial charge on any atom is -0.270 e. The summed E-state index contributed by atoms with van der Waals surface area (Å²) in [6.07, 6.45) is 0. The van der Waals surface area contributed by atoms with Gasteiger partial charge >= 0.3 is 0 Å². The minimum absolute atomic E-state index is 0.134. The van der Waals surface area contributed by atoms with Crippen molar-refractivity contribution in [3.05, 3.63) is 97.8 Å². The molecule has 2 heterocycles. The molecule has 0 saturated heterocycles. The van der Waals surface area contributed by atoms with E-state index in [1.807, 2.05) is 0 Å². The lowest BCUT2D eigenvalue weighted by Crippen LogP contribution is -2.30. The standard InChI is InChI=1S/C24H8Cl8N2O4/c25-13-9-10(14(26)18(30)17(13)29)22(36)33(21(9)35)5-7-2-1-3-8(4-7)6-34-23(37)11-12(24(34)38)16(28)20(32)19(31)15(11)27/h1-4H,5-6H2. The van der Waals surface area contributed by atoms with Gasteiger partial charge in [0.05, 0.1) is 75.5 Å². The van der Waals surface area contributed by atoms with Gasteiger partial charge in [-0.1, -0.05) is 117 Å². The van der Waals surface area contributed by atoms with E-state index in [1.165, 1.54) is 0 Å². The van der Waals surface area contributed by atoms with E-state index in [-0.39, 0.29) is 75.5 Å². The fraction of sp³-hybridized carbons (Fsp3) is 0.0833. The molecule has 0 aliphatic carbocycles. The summed E-state index contributed by atoms with van der Waals surface area (Å²) >= 11 is 49.0. The Balaban J connectivity index is 1.43. The molecule has 0 bridgehead atoms. The number of hydrogen-bond donors (Lipinski definition) is 0. The molecule has 4 amide bonds. The number of rotatable bonds is 4. The Morgan fingerprint density at radius 2 is 0.711 bits per heavy atom. The van der Waals surface area contributed by atoms with Crippen LogP contribution in [0.3, 0.4) is 0 Å². The summed E-state index contributed by atoms with van der Waals surface area (Å²) in [6.45, 7) is -0.319. The highest BCUT2D eigenvalue weighted by molar-refractivity contribution is 6.56. The van der Waals surface area contributed by atoms with Crippen LogP contribution in [-0.2, 0) is 13.1 Å². The number of imide groups is 2. The summed E-state index contributed by atoms with van der Waals surface area (Å²) in [5.41, 5.74) is 0.489. The molecule has 0 spiro atoms. The molecule has 0 saturated carbocycles. The molecule has 194 valence electrons. The van der Waals surface area contributed by atoms with Crippen molar-refractivity contribution in [3.8, 4) is 0 Å². The van der Waals surface area contributed by atoms with Gasteiger partial charge in [-0.3, -0.25) is 29.0 Å². The van der Waals surface area contributed by atoms with Crippen molar-refractivity contribution in [1.82, 2.24) is 9.80 Å². The highest BCUT2D eigenvalue weighted by Crippen LogP contribution is 2.46. The van der Waals surface area contributed by atoms with Crippen LogP contribution in [0.25, 0.3) is 0 Å². The van der Waals surface area contributed by atoms with Crippen molar-refractivity contribution in [3.63, 3.8) is 0 Å². The smallest absolute Gasteiger partial charge is 0.263 e. The zero-order chi connectivity index (χ0) is 27.8. The fourth-order valence-corrected chi connectivity index (χ4v) is 6.30. The van der Waals surface area contributed by atoms with Crippen LogP contribution in [0.15, 0.2) is 24.3 Å². The molecule has 0 N–H and O–H groups in total. The first kappa shape index (κ1) is 27.8. The Morgan fingerprint density at radius 3 is 0.974 bits per heavy atom.